The largest absolute Gasteiger partial charge is 0.451 e. The molecular weight excluding hydrogens is 458 g/mol. The van der Waals surface area contributed by atoms with Crippen molar-refractivity contribution in [1.82, 2.24) is 4.98 Å². The molecule has 33 heavy (non-hydrogen) atoms. The number of fused-ring (bicyclic) bond motifs is 2. The van der Waals surface area contributed by atoms with E-state index in [4.69, 9.17) is 4.74 Å². The maximum Gasteiger partial charge on any atom is 0.348 e. The Kier molecular flexibility index (Phi) is 5.65. The number of carbonyl (C=O) groups is 3. The minimum atomic E-state index is -0.564. The molecule has 5 rings (SSSR count). The zero-order valence-electron chi connectivity index (χ0n) is 17.6. The summed E-state index contributed by atoms with van der Waals surface area (Å²) >= 11 is 2.84. The van der Waals surface area contributed by atoms with E-state index in [1.165, 1.54) is 16.2 Å². The summed E-state index contributed by atoms with van der Waals surface area (Å²) in [5.74, 6) is -1.11. The Labute approximate surface area is 197 Å². The molecule has 0 bridgehead atoms. The highest BCUT2D eigenvalue weighted by atomic mass is 32.1. The first kappa shape index (κ1) is 21.3. The predicted molar refractivity (Wildman–Crippen MR) is 130 cm³/mol. The molecule has 2 amide bonds. The summed E-state index contributed by atoms with van der Waals surface area (Å²) in [5, 5.41) is 3.65. The summed E-state index contributed by atoms with van der Waals surface area (Å²) in [5.41, 5.74) is 2.07. The third-order valence-corrected chi connectivity index (χ3v) is 7.54. The average Bonchev–Trinajstić information content (AvgIpc) is 3.43. The lowest BCUT2D eigenvalue weighted by molar-refractivity contribution is -0.122. The van der Waals surface area contributed by atoms with Crippen molar-refractivity contribution in [3.8, 4) is 9.88 Å². The van der Waals surface area contributed by atoms with E-state index < -0.39 is 12.6 Å². The van der Waals surface area contributed by atoms with Gasteiger partial charge in [-0.1, -0.05) is 24.3 Å². The molecule has 1 N–H and O–H groups in total. The summed E-state index contributed by atoms with van der Waals surface area (Å²) in [7, 11) is 0. The Hall–Kier alpha value is -3.56. The van der Waals surface area contributed by atoms with Gasteiger partial charge >= 0.3 is 5.97 Å². The molecule has 0 saturated heterocycles. The number of thiazole rings is 1. The van der Waals surface area contributed by atoms with Gasteiger partial charge in [0.2, 0.25) is 5.91 Å². The molecule has 4 aromatic rings. The maximum absolute atomic E-state index is 13.0. The summed E-state index contributed by atoms with van der Waals surface area (Å²) in [4.78, 5) is 45.1. The summed E-state index contributed by atoms with van der Waals surface area (Å²) < 4.78 is 6.42. The summed E-state index contributed by atoms with van der Waals surface area (Å²) in [6.07, 6.45) is 0.158. The van der Waals surface area contributed by atoms with Crippen LogP contribution in [0.5, 0.6) is 0 Å². The van der Waals surface area contributed by atoms with Gasteiger partial charge in [-0.15, -0.1) is 22.7 Å². The molecule has 1 atom stereocenters. The van der Waals surface area contributed by atoms with Crippen LogP contribution < -0.4 is 10.2 Å². The molecule has 7 nitrogen and oxygen atoms in total. The van der Waals surface area contributed by atoms with E-state index in [1.807, 2.05) is 30.3 Å². The Morgan fingerprint density at radius 2 is 1.88 bits per heavy atom. The third kappa shape index (κ3) is 4.24. The number of aromatic nitrogens is 1. The topological polar surface area (TPSA) is 88.6 Å². The number of ether oxygens (including phenoxy) is 1. The molecule has 2 aromatic carbocycles. The number of benzene rings is 2. The summed E-state index contributed by atoms with van der Waals surface area (Å²) in [6, 6.07) is 18.1. The van der Waals surface area contributed by atoms with Crippen LogP contribution in [0.3, 0.4) is 0 Å². The molecule has 0 fully saturated rings. The molecule has 9 heteroatoms. The SMILES string of the molecule is CC1CC(=O)Nc2ccccc2N1C(=O)COC(=O)c1ccc(-c2nc3ccccc3s2)s1. The standard InChI is InChI=1S/C24H19N3O4S2/c1-14-12-21(28)25-15-6-2-4-8-17(15)27(14)22(29)13-31-24(30)20-11-10-19(32-20)23-26-16-7-3-5-9-18(16)33-23/h2-11,14H,12-13H2,1H3,(H,25,28). The Morgan fingerprint density at radius 1 is 1.09 bits per heavy atom. The second-order valence-electron chi connectivity index (χ2n) is 7.61. The lowest BCUT2D eigenvalue weighted by atomic mass is 10.1. The van der Waals surface area contributed by atoms with E-state index in [0.29, 0.717) is 16.3 Å². The number of rotatable bonds is 4. The van der Waals surface area contributed by atoms with Crippen LogP contribution in [0.1, 0.15) is 23.0 Å². The Morgan fingerprint density at radius 3 is 2.73 bits per heavy atom. The Balaban J connectivity index is 1.29. The van der Waals surface area contributed by atoms with Crippen LogP contribution in [-0.2, 0) is 14.3 Å². The van der Waals surface area contributed by atoms with Crippen molar-refractivity contribution in [3.63, 3.8) is 0 Å². The van der Waals surface area contributed by atoms with E-state index in [2.05, 4.69) is 10.3 Å². The van der Waals surface area contributed by atoms with Gasteiger partial charge in [-0.3, -0.25) is 9.59 Å². The first-order valence-electron chi connectivity index (χ1n) is 10.3. The van der Waals surface area contributed by atoms with Gasteiger partial charge in [0.05, 0.1) is 26.5 Å². The van der Waals surface area contributed by atoms with Gasteiger partial charge in [-0.25, -0.2) is 9.78 Å². The van der Waals surface area contributed by atoms with Gasteiger partial charge in [0.15, 0.2) is 6.61 Å². The van der Waals surface area contributed by atoms with Crippen molar-refractivity contribution < 1.29 is 19.1 Å². The normalized spacial score (nSPS) is 15.6. The quantitative estimate of drug-likeness (QED) is 0.421. The number of para-hydroxylation sites is 3. The molecule has 1 aliphatic rings. The first-order chi connectivity index (χ1) is 16.0. The average molecular weight is 478 g/mol. The fourth-order valence-corrected chi connectivity index (χ4v) is 5.70. The highest BCUT2D eigenvalue weighted by Crippen LogP contribution is 2.35. The molecule has 0 radical (unpaired) electrons. The lowest BCUT2D eigenvalue weighted by Gasteiger charge is -2.27. The number of hydrogen-bond acceptors (Lipinski definition) is 7. The molecule has 166 valence electrons. The van der Waals surface area contributed by atoms with E-state index >= 15 is 0 Å². The lowest BCUT2D eigenvalue weighted by Crippen LogP contribution is -2.41. The van der Waals surface area contributed by atoms with Crippen LogP contribution in [-0.4, -0.2) is 35.4 Å². The van der Waals surface area contributed by atoms with E-state index in [-0.39, 0.29) is 24.3 Å². The molecule has 0 spiro atoms. The monoisotopic (exact) mass is 477 g/mol. The molecule has 3 heterocycles. The maximum atomic E-state index is 13.0. The molecule has 2 aromatic heterocycles. The van der Waals surface area contributed by atoms with Crippen LogP contribution in [0.4, 0.5) is 11.4 Å². The van der Waals surface area contributed by atoms with Gasteiger partial charge in [-0.2, -0.15) is 0 Å². The van der Waals surface area contributed by atoms with E-state index in [1.54, 1.807) is 48.6 Å². The second kappa shape index (κ2) is 8.76. The van der Waals surface area contributed by atoms with Gasteiger partial charge in [-0.05, 0) is 43.3 Å². The van der Waals surface area contributed by atoms with Crippen LogP contribution in [0, 0.1) is 0 Å². The fourth-order valence-electron chi connectivity index (χ4n) is 3.78. The van der Waals surface area contributed by atoms with Crippen LogP contribution in [0.2, 0.25) is 0 Å². The molecular formula is C24H19N3O4S2. The summed E-state index contributed by atoms with van der Waals surface area (Å²) in [6.45, 7) is 1.38. The number of thiophene rings is 1. The second-order valence-corrected chi connectivity index (χ2v) is 9.72. The van der Waals surface area contributed by atoms with E-state index in [9.17, 15) is 14.4 Å². The highest BCUT2D eigenvalue weighted by molar-refractivity contribution is 7.26. The number of carbonyl (C=O) groups excluding carboxylic acids is 3. The zero-order valence-corrected chi connectivity index (χ0v) is 19.2. The van der Waals surface area contributed by atoms with E-state index in [0.717, 1.165) is 20.1 Å². The smallest absolute Gasteiger partial charge is 0.348 e. The van der Waals surface area contributed by atoms with Crippen LogP contribution in [0.25, 0.3) is 20.1 Å². The molecule has 0 saturated carbocycles. The van der Waals surface area contributed by atoms with Crippen molar-refractivity contribution in [2.24, 2.45) is 0 Å². The third-order valence-electron chi connectivity index (χ3n) is 5.27. The fraction of sp³-hybridized carbons (Fsp3) is 0.167. The van der Waals surface area contributed by atoms with Crippen molar-refractivity contribution in [3.05, 3.63) is 65.5 Å². The number of amides is 2. The highest BCUT2D eigenvalue weighted by Gasteiger charge is 2.30. The van der Waals surface area contributed by atoms with Gasteiger partial charge in [0.25, 0.3) is 5.91 Å². The van der Waals surface area contributed by atoms with Crippen LogP contribution >= 0.6 is 22.7 Å². The zero-order chi connectivity index (χ0) is 22.9. The number of nitrogens with zero attached hydrogens (tertiary/aromatic N) is 2. The van der Waals surface area contributed by atoms with Gasteiger partial charge in [0.1, 0.15) is 9.88 Å². The molecule has 1 unspecified atom stereocenters. The van der Waals surface area contributed by atoms with Crippen molar-refractivity contribution >= 4 is 62.0 Å². The number of nitrogens with one attached hydrogen (secondary N) is 1. The van der Waals surface area contributed by atoms with Crippen molar-refractivity contribution in [2.45, 2.75) is 19.4 Å². The van der Waals surface area contributed by atoms with Gasteiger partial charge < -0.3 is 15.0 Å². The van der Waals surface area contributed by atoms with Crippen LogP contribution in [0.15, 0.2) is 60.7 Å². The van der Waals surface area contributed by atoms with Crippen molar-refractivity contribution in [2.75, 3.05) is 16.8 Å². The van der Waals surface area contributed by atoms with Crippen molar-refractivity contribution in [1.29, 1.82) is 0 Å². The van der Waals surface area contributed by atoms with Gasteiger partial charge in [0, 0.05) is 12.5 Å². The minimum Gasteiger partial charge on any atom is -0.451 e. The Bertz CT molecular complexity index is 1340. The minimum absolute atomic E-state index is 0.158. The predicted octanol–water partition coefficient (Wildman–Crippen LogP) is 4.95. The number of hydrogen-bond donors (Lipinski definition) is 1. The number of anilines is 2. The number of esters is 1. The first-order valence-corrected chi connectivity index (χ1v) is 12.0. The molecule has 0 aliphatic carbocycles. The molecule has 1 aliphatic heterocycles.